The third-order valence-electron chi connectivity index (χ3n) is 6.15. The second-order valence-electron chi connectivity index (χ2n) is 8.62. The van der Waals surface area contributed by atoms with Gasteiger partial charge in [0.05, 0.1) is 0 Å². The summed E-state index contributed by atoms with van der Waals surface area (Å²) in [6.45, 7) is 0. The SMILES string of the molecule is Oc1ccc(CCc2cc(-c3cc(CCc4ccc(O)cc4O)c(O)cc3O)c(O)cc2O)c(O)c1. The van der Waals surface area contributed by atoms with E-state index in [1.54, 1.807) is 12.1 Å². The maximum Gasteiger partial charge on any atom is 0.127 e. The van der Waals surface area contributed by atoms with E-state index in [2.05, 4.69) is 0 Å². The maximum absolute atomic E-state index is 10.5. The lowest BCUT2D eigenvalue weighted by Crippen LogP contribution is -1.96. The van der Waals surface area contributed by atoms with Crippen molar-refractivity contribution in [3.63, 3.8) is 0 Å². The van der Waals surface area contributed by atoms with E-state index in [-0.39, 0.29) is 57.1 Å². The van der Waals surface area contributed by atoms with Gasteiger partial charge in [-0.3, -0.25) is 0 Å². The zero-order chi connectivity index (χ0) is 26.0. The fraction of sp³-hybridized carbons (Fsp3) is 0.143. The van der Waals surface area contributed by atoms with Crippen molar-refractivity contribution >= 4 is 0 Å². The Bertz CT molecular complexity index is 1320. The van der Waals surface area contributed by atoms with E-state index < -0.39 is 0 Å². The third-order valence-corrected chi connectivity index (χ3v) is 6.15. The van der Waals surface area contributed by atoms with Crippen molar-refractivity contribution in [1.82, 2.24) is 0 Å². The van der Waals surface area contributed by atoms with Crippen LogP contribution in [0.15, 0.2) is 60.7 Å². The van der Waals surface area contributed by atoms with E-state index in [1.165, 1.54) is 48.5 Å². The van der Waals surface area contributed by atoms with Crippen LogP contribution in [0.5, 0.6) is 46.0 Å². The zero-order valence-electron chi connectivity index (χ0n) is 19.2. The number of hydrogen-bond donors (Lipinski definition) is 8. The van der Waals surface area contributed by atoms with Gasteiger partial charge in [-0.2, -0.15) is 0 Å². The molecule has 0 aromatic heterocycles. The van der Waals surface area contributed by atoms with Gasteiger partial charge in [-0.1, -0.05) is 12.1 Å². The van der Waals surface area contributed by atoms with Crippen molar-refractivity contribution in [3.05, 3.63) is 82.9 Å². The van der Waals surface area contributed by atoms with Crippen molar-refractivity contribution in [2.75, 3.05) is 0 Å². The van der Waals surface area contributed by atoms with Crippen LogP contribution in [-0.2, 0) is 25.7 Å². The van der Waals surface area contributed by atoms with Crippen molar-refractivity contribution in [2.45, 2.75) is 25.7 Å². The smallest absolute Gasteiger partial charge is 0.127 e. The standard InChI is InChI=1S/C28H26O8/c29-19-7-5-15(23(31)11-19)1-3-17-9-21(27(35)13-25(17)33)22-10-18(26(34)14-28(22)36)4-2-16-6-8-20(30)12-24(16)32/h5-14,29-36H,1-4H2. The summed E-state index contributed by atoms with van der Waals surface area (Å²) in [5, 5.41) is 80.8. The van der Waals surface area contributed by atoms with Crippen LogP contribution in [-0.4, -0.2) is 40.9 Å². The Kier molecular flexibility index (Phi) is 6.69. The summed E-state index contributed by atoms with van der Waals surface area (Å²) in [5.74, 6) is -1.14. The van der Waals surface area contributed by atoms with Crippen molar-refractivity contribution in [3.8, 4) is 57.1 Å². The zero-order valence-corrected chi connectivity index (χ0v) is 19.2. The van der Waals surface area contributed by atoms with Gasteiger partial charge in [0, 0.05) is 35.4 Å². The van der Waals surface area contributed by atoms with E-state index in [1.807, 2.05) is 0 Å². The lowest BCUT2D eigenvalue weighted by Gasteiger charge is -2.15. The van der Waals surface area contributed by atoms with E-state index in [0.29, 0.717) is 47.9 Å². The van der Waals surface area contributed by atoms with Gasteiger partial charge in [-0.05, 0) is 72.2 Å². The molecule has 0 bridgehead atoms. The van der Waals surface area contributed by atoms with Gasteiger partial charge >= 0.3 is 0 Å². The van der Waals surface area contributed by atoms with Gasteiger partial charge in [0.1, 0.15) is 46.0 Å². The number of hydrogen-bond acceptors (Lipinski definition) is 8. The highest BCUT2D eigenvalue weighted by Gasteiger charge is 2.17. The van der Waals surface area contributed by atoms with E-state index in [9.17, 15) is 40.9 Å². The Labute approximate surface area is 206 Å². The van der Waals surface area contributed by atoms with Crippen LogP contribution in [0.25, 0.3) is 11.1 Å². The Morgan fingerprint density at radius 1 is 0.333 bits per heavy atom. The third kappa shape index (κ3) is 5.17. The van der Waals surface area contributed by atoms with Crippen LogP contribution in [0.4, 0.5) is 0 Å². The Morgan fingerprint density at radius 3 is 1.03 bits per heavy atom. The number of benzene rings is 4. The molecule has 0 aliphatic heterocycles. The first-order chi connectivity index (χ1) is 17.1. The second-order valence-corrected chi connectivity index (χ2v) is 8.62. The molecule has 0 spiro atoms. The predicted molar refractivity (Wildman–Crippen MR) is 133 cm³/mol. The Hall–Kier alpha value is -4.72. The molecule has 0 fully saturated rings. The molecule has 4 aromatic carbocycles. The molecule has 8 heteroatoms. The second kappa shape index (κ2) is 9.87. The molecule has 4 rings (SSSR count). The van der Waals surface area contributed by atoms with Crippen molar-refractivity contribution < 1.29 is 40.9 Å². The predicted octanol–water partition coefficient (Wildman–Crippen LogP) is 4.57. The Balaban J connectivity index is 1.62. The molecule has 0 saturated heterocycles. The van der Waals surface area contributed by atoms with Crippen molar-refractivity contribution in [1.29, 1.82) is 0 Å². The largest absolute Gasteiger partial charge is 0.508 e. The molecule has 36 heavy (non-hydrogen) atoms. The van der Waals surface area contributed by atoms with Gasteiger partial charge in [-0.15, -0.1) is 0 Å². The molecule has 8 N–H and O–H groups in total. The van der Waals surface area contributed by atoms with Gasteiger partial charge in [0.2, 0.25) is 0 Å². The summed E-state index contributed by atoms with van der Waals surface area (Å²) in [5.41, 5.74) is 2.52. The molecule has 0 aliphatic carbocycles. The Morgan fingerprint density at radius 2 is 0.667 bits per heavy atom. The summed E-state index contributed by atoms with van der Waals surface area (Å²) in [4.78, 5) is 0. The molecule has 0 atom stereocenters. The van der Waals surface area contributed by atoms with Crippen LogP contribution >= 0.6 is 0 Å². The maximum atomic E-state index is 10.5. The molecule has 4 aromatic rings. The minimum atomic E-state index is -0.271. The van der Waals surface area contributed by atoms with Crippen LogP contribution < -0.4 is 0 Å². The normalized spacial score (nSPS) is 11.0. The first kappa shape index (κ1) is 24.4. The minimum absolute atomic E-state index is 0.0646. The fourth-order valence-electron chi connectivity index (χ4n) is 4.14. The lowest BCUT2D eigenvalue weighted by molar-refractivity contribution is 0.439. The number of phenolic OH excluding ortho intramolecular Hbond substituents is 8. The number of phenols is 8. The minimum Gasteiger partial charge on any atom is -0.508 e. The summed E-state index contributed by atoms with van der Waals surface area (Å²) >= 11 is 0. The van der Waals surface area contributed by atoms with Gasteiger partial charge in [0.15, 0.2) is 0 Å². The van der Waals surface area contributed by atoms with Crippen LogP contribution in [0, 0.1) is 0 Å². The first-order valence-electron chi connectivity index (χ1n) is 11.2. The average Bonchev–Trinajstić information content (AvgIpc) is 2.80. The van der Waals surface area contributed by atoms with Gasteiger partial charge in [-0.25, -0.2) is 0 Å². The molecule has 0 radical (unpaired) electrons. The number of aromatic hydroxyl groups is 8. The van der Waals surface area contributed by atoms with E-state index in [0.717, 1.165) is 0 Å². The summed E-state index contributed by atoms with van der Waals surface area (Å²) in [7, 11) is 0. The lowest BCUT2D eigenvalue weighted by atomic mass is 9.94. The monoisotopic (exact) mass is 490 g/mol. The summed E-state index contributed by atoms with van der Waals surface area (Å²) in [6.07, 6.45) is 1.27. The highest BCUT2D eigenvalue weighted by atomic mass is 16.3. The fourth-order valence-corrected chi connectivity index (χ4v) is 4.14. The molecular formula is C28H26O8. The summed E-state index contributed by atoms with van der Waals surface area (Å²) in [6, 6.07) is 13.9. The molecule has 0 heterocycles. The highest BCUT2D eigenvalue weighted by molar-refractivity contribution is 5.78. The molecule has 0 aliphatic rings. The first-order valence-corrected chi connectivity index (χ1v) is 11.2. The topological polar surface area (TPSA) is 162 Å². The van der Waals surface area contributed by atoms with Crippen molar-refractivity contribution in [2.24, 2.45) is 0 Å². The quantitative estimate of drug-likeness (QED) is 0.187. The molecule has 0 unspecified atom stereocenters. The van der Waals surface area contributed by atoms with Crippen LogP contribution in [0.1, 0.15) is 22.3 Å². The van der Waals surface area contributed by atoms with Crippen LogP contribution in [0.3, 0.4) is 0 Å². The average molecular weight is 491 g/mol. The molecule has 0 amide bonds. The van der Waals surface area contributed by atoms with E-state index >= 15 is 0 Å². The number of aryl methyl sites for hydroxylation is 4. The number of rotatable bonds is 7. The molecule has 8 nitrogen and oxygen atoms in total. The van der Waals surface area contributed by atoms with Gasteiger partial charge < -0.3 is 40.9 Å². The highest BCUT2D eigenvalue weighted by Crippen LogP contribution is 2.42. The van der Waals surface area contributed by atoms with Gasteiger partial charge in [0.25, 0.3) is 0 Å². The van der Waals surface area contributed by atoms with Crippen LogP contribution in [0.2, 0.25) is 0 Å². The summed E-state index contributed by atoms with van der Waals surface area (Å²) < 4.78 is 0. The molecule has 186 valence electrons. The molecule has 0 saturated carbocycles. The molecular weight excluding hydrogens is 464 g/mol. The van der Waals surface area contributed by atoms with E-state index in [4.69, 9.17) is 0 Å².